The number of carbonyl (C=O) groups is 2. The Hall–Kier alpha value is -2.82. The SMILES string of the molecule is CN(CC(=O)NC(C)(c1ccccc1)c1ccccc1)C(=O)OC(C)(C)C. The molecule has 144 valence electrons. The molecular weight excluding hydrogens is 340 g/mol. The van der Waals surface area contributed by atoms with E-state index in [1.807, 2.05) is 67.6 Å². The molecule has 0 atom stereocenters. The third kappa shape index (κ3) is 5.58. The van der Waals surface area contributed by atoms with Gasteiger partial charge in [-0.1, -0.05) is 60.7 Å². The average molecular weight is 368 g/mol. The fourth-order valence-electron chi connectivity index (χ4n) is 2.79. The Morgan fingerprint density at radius 2 is 1.33 bits per heavy atom. The number of hydrogen-bond acceptors (Lipinski definition) is 3. The molecule has 0 radical (unpaired) electrons. The maximum Gasteiger partial charge on any atom is 0.410 e. The zero-order chi connectivity index (χ0) is 20.1. The maximum absolute atomic E-state index is 12.7. The molecule has 0 aliphatic rings. The van der Waals surface area contributed by atoms with Gasteiger partial charge in [0.2, 0.25) is 5.91 Å². The van der Waals surface area contributed by atoms with E-state index in [-0.39, 0.29) is 12.5 Å². The second kappa shape index (κ2) is 8.25. The number of rotatable bonds is 5. The number of likely N-dealkylation sites (N-methyl/N-ethyl adjacent to an activating group) is 1. The number of nitrogens with zero attached hydrogens (tertiary/aromatic N) is 1. The van der Waals surface area contributed by atoms with Gasteiger partial charge in [0.05, 0.1) is 5.54 Å². The molecule has 2 rings (SSSR count). The first-order valence-corrected chi connectivity index (χ1v) is 8.98. The largest absolute Gasteiger partial charge is 0.444 e. The van der Waals surface area contributed by atoms with E-state index < -0.39 is 17.2 Å². The second-order valence-corrected chi connectivity index (χ2v) is 7.74. The summed E-state index contributed by atoms with van der Waals surface area (Å²) in [5.41, 5.74) is 0.604. The van der Waals surface area contributed by atoms with Gasteiger partial charge in [-0.05, 0) is 38.8 Å². The first kappa shape index (κ1) is 20.5. The first-order valence-electron chi connectivity index (χ1n) is 8.98. The van der Waals surface area contributed by atoms with Crippen molar-refractivity contribution in [3.8, 4) is 0 Å². The highest BCUT2D eigenvalue weighted by atomic mass is 16.6. The Morgan fingerprint density at radius 1 is 0.889 bits per heavy atom. The normalized spacial score (nSPS) is 11.6. The van der Waals surface area contributed by atoms with Crippen LogP contribution in [-0.4, -0.2) is 36.1 Å². The van der Waals surface area contributed by atoms with E-state index in [0.29, 0.717) is 0 Å². The molecule has 5 heteroatoms. The summed E-state index contributed by atoms with van der Waals surface area (Å²) >= 11 is 0. The molecule has 2 aromatic carbocycles. The van der Waals surface area contributed by atoms with Gasteiger partial charge in [-0.2, -0.15) is 0 Å². The standard InChI is InChI=1S/C22H28N2O3/c1-21(2,3)27-20(26)24(5)16-19(25)23-22(4,17-12-8-6-9-13-17)18-14-10-7-11-15-18/h6-15H,16H2,1-5H3,(H,23,25). The van der Waals surface area contributed by atoms with Crippen molar-refractivity contribution in [1.82, 2.24) is 10.2 Å². The van der Waals surface area contributed by atoms with Crippen LogP contribution in [0.25, 0.3) is 0 Å². The minimum absolute atomic E-state index is 0.0931. The molecule has 0 aliphatic carbocycles. The van der Waals surface area contributed by atoms with Crippen LogP contribution >= 0.6 is 0 Å². The van der Waals surface area contributed by atoms with Crippen LogP contribution in [0.3, 0.4) is 0 Å². The third-order valence-corrected chi connectivity index (χ3v) is 4.18. The molecule has 0 fully saturated rings. The Balaban J connectivity index is 2.19. The monoisotopic (exact) mass is 368 g/mol. The van der Waals surface area contributed by atoms with Crippen LogP contribution in [0.1, 0.15) is 38.8 Å². The van der Waals surface area contributed by atoms with E-state index in [1.54, 1.807) is 27.8 Å². The fourth-order valence-corrected chi connectivity index (χ4v) is 2.79. The number of carbonyl (C=O) groups excluding carboxylic acids is 2. The number of amides is 2. The summed E-state index contributed by atoms with van der Waals surface area (Å²) in [6.07, 6.45) is -0.529. The molecule has 0 spiro atoms. The highest BCUT2D eigenvalue weighted by molar-refractivity contribution is 5.83. The Kier molecular flexibility index (Phi) is 6.26. The lowest BCUT2D eigenvalue weighted by atomic mass is 9.84. The van der Waals surface area contributed by atoms with Gasteiger partial charge >= 0.3 is 6.09 Å². The van der Waals surface area contributed by atoms with Crippen molar-refractivity contribution in [2.45, 2.75) is 38.8 Å². The second-order valence-electron chi connectivity index (χ2n) is 7.74. The van der Waals surface area contributed by atoms with Crippen LogP contribution in [0, 0.1) is 0 Å². The molecule has 0 saturated heterocycles. The molecule has 1 N–H and O–H groups in total. The van der Waals surface area contributed by atoms with E-state index in [9.17, 15) is 9.59 Å². The molecule has 0 heterocycles. The summed E-state index contributed by atoms with van der Waals surface area (Å²) in [7, 11) is 1.55. The molecule has 2 amide bonds. The van der Waals surface area contributed by atoms with Crippen LogP contribution in [0.5, 0.6) is 0 Å². The summed E-state index contributed by atoms with van der Waals surface area (Å²) in [4.78, 5) is 26.1. The molecule has 5 nitrogen and oxygen atoms in total. The predicted molar refractivity (Wildman–Crippen MR) is 106 cm³/mol. The highest BCUT2D eigenvalue weighted by Gasteiger charge is 2.31. The lowest BCUT2D eigenvalue weighted by molar-refractivity contribution is -0.123. The van der Waals surface area contributed by atoms with Crippen molar-refractivity contribution in [1.29, 1.82) is 0 Å². The summed E-state index contributed by atoms with van der Waals surface area (Å²) in [5, 5.41) is 3.09. The zero-order valence-electron chi connectivity index (χ0n) is 16.7. The molecule has 27 heavy (non-hydrogen) atoms. The first-order chi connectivity index (χ1) is 12.6. The van der Waals surface area contributed by atoms with Crippen molar-refractivity contribution in [2.24, 2.45) is 0 Å². The van der Waals surface area contributed by atoms with Crippen molar-refractivity contribution >= 4 is 12.0 Å². The van der Waals surface area contributed by atoms with Crippen molar-refractivity contribution in [3.05, 3.63) is 71.8 Å². The molecule has 0 aliphatic heterocycles. The summed E-state index contributed by atoms with van der Waals surface area (Å²) < 4.78 is 5.31. The van der Waals surface area contributed by atoms with Gasteiger partial charge < -0.3 is 15.0 Å². The topological polar surface area (TPSA) is 58.6 Å². The lowest BCUT2D eigenvalue weighted by Gasteiger charge is -2.33. The third-order valence-electron chi connectivity index (χ3n) is 4.18. The van der Waals surface area contributed by atoms with Crippen molar-refractivity contribution in [2.75, 3.05) is 13.6 Å². The van der Waals surface area contributed by atoms with E-state index in [0.717, 1.165) is 11.1 Å². The van der Waals surface area contributed by atoms with Crippen LogP contribution in [0.15, 0.2) is 60.7 Å². The number of hydrogen-bond donors (Lipinski definition) is 1. The maximum atomic E-state index is 12.7. The summed E-state index contributed by atoms with van der Waals surface area (Å²) in [5.74, 6) is -0.265. The van der Waals surface area contributed by atoms with E-state index in [4.69, 9.17) is 4.74 Å². The molecule has 0 saturated carbocycles. The minimum Gasteiger partial charge on any atom is -0.444 e. The van der Waals surface area contributed by atoms with Crippen LogP contribution in [0.4, 0.5) is 4.79 Å². The van der Waals surface area contributed by atoms with E-state index in [2.05, 4.69) is 5.32 Å². The average Bonchev–Trinajstić information content (AvgIpc) is 2.61. The van der Waals surface area contributed by atoms with Gasteiger partial charge in [0.1, 0.15) is 12.1 Å². The smallest absolute Gasteiger partial charge is 0.410 e. The van der Waals surface area contributed by atoms with E-state index in [1.165, 1.54) is 4.90 Å². The number of ether oxygens (including phenoxy) is 1. The highest BCUT2D eigenvalue weighted by Crippen LogP contribution is 2.29. The number of benzene rings is 2. The van der Waals surface area contributed by atoms with Crippen molar-refractivity contribution < 1.29 is 14.3 Å². The molecule has 0 bridgehead atoms. The molecular formula is C22H28N2O3. The molecule has 2 aromatic rings. The van der Waals surface area contributed by atoms with Crippen molar-refractivity contribution in [3.63, 3.8) is 0 Å². The molecule has 0 aromatic heterocycles. The lowest BCUT2D eigenvalue weighted by Crippen LogP contribution is -2.49. The van der Waals surface area contributed by atoms with Crippen LogP contribution in [0.2, 0.25) is 0 Å². The van der Waals surface area contributed by atoms with Gasteiger partial charge in [0, 0.05) is 7.05 Å². The zero-order valence-corrected chi connectivity index (χ0v) is 16.7. The van der Waals surface area contributed by atoms with Gasteiger partial charge in [0.25, 0.3) is 0 Å². The van der Waals surface area contributed by atoms with E-state index >= 15 is 0 Å². The summed E-state index contributed by atoms with van der Waals surface area (Å²) in [6, 6.07) is 19.5. The van der Waals surface area contributed by atoms with Gasteiger partial charge in [0.15, 0.2) is 0 Å². The Morgan fingerprint density at radius 3 is 1.74 bits per heavy atom. The molecule has 0 unspecified atom stereocenters. The van der Waals surface area contributed by atoms with Crippen LogP contribution in [-0.2, 0) is 15.1 Å². The fraction of sp³-hybridized carbons (Fsp3) is 0.364. The van der Waals surface area contributed by atoms with Gasteiger partial charge in [-0.15, -0.1) is 0 Å². The minimum atomic E-state index is -0.714. The Labute approximate surface area is 161 Å². The summed E-state index contributed by atoms with van der Waals surface area (Å²) in [6.45, 7) is 7.25. The quantitative estimate of drug-likeness (QED) is 0.870. The van der Waals surface area contributed by atoms with Gasteiger partial charge in [-0.25, -0.2) is 4.79 Å². The number of nitrogens with one attached hydrogen (secondary N) is 1. The Bertz CT molecular complexity index is 728. The predicted octanol–water partition coefficient (Wildman–Crippen LogP) is 3.93. The van der Waals surface area contributed by atoms with Gasteiger partial charge in [-0.3, -0.25) is 4.79 Å². The van der Waals surface area contributed by atoms with Crippen LogP contribution < -0.4 is 5.32 Å².